The molecule has 236 valence electrons. The van der Waals surface area contributed by atoms with E-state index in [9.17, 15) is 14.4 Å². The van der Waals surface area contributed by atoms with Gasteiger partial charge in [0.15, 0.2) is 0 Å². The number of aryl methyl sites for hydroxylation is 1. The molecule has 0 aliphatic heterocycles. The van der Waals surface area contributed by atoms with Gasteiger partial charge < -0.3 is 15.1 Å². The zero-order chi connectivity index (χ0) is 33.1. The number of nitrogens with zero attached hydrogens (tertiary/aromatic N) is 1. The molecule has 0 bridgehead atoms. The normalized spacial score (nSPS) is 15.0. The summed E-state index contributed by atoms with van der Waals surface area (Å²) in [6, 6.07) is 29.4. The van der Waals surface area contributed by atoms with Gasteiger partial charge in [-0.3, -0.25) is 4.79 Å². The van der Waals surface area contributed by atoms with Gasteiger partial charge in [-0.2, -0.15) is 0 Å². The van der Waals surface area contributed by atoms with Crippen molar-refractivity contribution in [2.24, 2.45) is 0 Å². The van der Waals surface area contributed by atoms with E-state index < -0.39 is 17.7 Å². The number of alkyl halides is 1. The van der Waals surface area contributed by atoms with Crippen molar-refractivity contribution in [3.05, 3.63) is 144 Å². The van der Waals surface area contributed by atoms with Crippen LogP contribution in [0.3, 0.4) is 0 Å². The van der Waals surface area contributed by atoms with Crippen molar-refractivity contribution in [3.63, 3.8) is 0 Å². The van der Waals surface area contributed by atoms with Crippen molar-refractivity contribution in [2.45, 2.75) is 51.9 Å². The summed E-state index contributed by atoms with van der Waals surface area (Å²) >= 11 is 0. The highest BCUT2D eigenvalue weighted by molar-refractivity contribution is 5.89. The molecule has 0 saturated heterocycles. The van der Waals surface area contributed by atoms with Crippen molar-refractivity contribution in [1.82, 2.24) is 4.90 Å². The Balaban J connectivity index is 0.000000266. The van der Waals surface area contributed by atoms with Crippen molar-refractivity contribution in [3.8, 4) is 22.3 Å². The van der Waals surface area contributed by atoms with Crippen LogP contribution in [0.25, 0.3) is 22.3 Å². The molecule has 2 N–H and O–H groups in total. The average Bonchev–Trinajstić information content (AvgIpc) is 3.07. The maximum atomic E-state index is 15.6. The highest BCUT2D eigenvalue weighted by Gasteiger charge is 2.37. The Morgan fingerprint density at radius 2 is 1.39 bits per heavy atom. The Kier molecular flexibility index (Phi) is 11.4. The molecule has 1 amide bonds. The lowest BCUT2D eigenvalue weighted by Gasteiger charge is -2.36. The van der Waals surface area contributed by atoms with Gasteiger partial charge in [-0.1, -0.05) is 104 Å². The third-order valence-electron chi connectivity index (χ3n) is 7.81. The van der Waals surface area contributed by atoms with Crippen molar-refractivity contribution in [2.75, 3.05) is 0 Å². The third-order valence-corrected chi connectivity index (χ3v) is 7.81. The lowest BCUT2D eigenvalue weighted by atomic mass is 9.97. The molecule has 0 fully saturated rings. The second-order valence-corrected chi connectivity index (χ2v) is 11.2. The number of unbranched alkanes of at least 4 members (excludes halogenated alkanes) is 1. The molecule has 4 aromatic carbocycles. The van der Waals surface area contributed by atoms with E-state index in [1.807, 2.05) is 80.6 Å². The molecule has 4 aromatic rings. The maximum Gasteiger partial charge on any atom is 0.335 e. The summed E-state index contributed by atoms with van der Waals surface area (Å²) in [5.74, 6) is -3.85. The predicted octanol–water partition coefficient (Wildman–Crippen LogP) is 9.11. The molecular formula is C39H38FNO5. The van der Waals surface area contributed by atoms with Crippen molar-refractivity contribution in [1.29, 1.82) is 0 Å². The average molecular weight is 620 g/mol. The van der Waals surface area contributed by atoms with E-state index in [-0.39, 0.29) is 24.4 Å². The number of carboxylic acid groups (broad SMARTS) is 2. The van der Waals surface area contributed by atoms with Gasteiger partial charge in [0.05, 0.1) is 11.1 Å². The van der Waals surface area contributed by atoms with Crippen LogP contribution in [0.1, 0.15) is 64.4 Å². The number of carbonyl (C=O) groups is 3. The first kappa shape index (κ1) is 33.6. The molecule has 0 heterocycles. The van der Waals surface area contributed by atoms with Gasteiger partial charge in [0.1, 0.15) is 0 Å². The Hall–Kier alpha value is -5.30. The fraction of sp³-hybridized carbons (Fsp3) is 0.205. The molecular weight excluding hydrogens is 581 g/mol. The molecule has 5 rings (SSSR count). The van der Waals surface area contributed by atoms with Crippen LogP contribution in [0.5, 0.6) is 0 Å². The Labute approximate surface area is 269 Å². The second kappa shape index (κ2) is 15.6. The number of carboxylic acids is 2. The molecule has 0 saturated carbocycles. The van der Waals surface area contributed by atoms with E-state index in [1.54, 1.807) is 48.6 Å². The van der Waals surface area contributed by atoms with Gasteiger partial charge in [0.25, 0.3) is 0 Å². The van der Waals surface area contributed by atoms with Gasteiger partial charge >= 0.3 is 11.9 Å². The standard InChI is InChI=1S/C26H28FNO3.C13H10O2/c1-3-4-8-24(29)28(26(27)15-6-5-7-16-26)18-20-9-11-21(12-10-20)23-14-13-22(25(30)31)17-19(23)2;14-13(15)12-8-6-11(7-9-12)10-4-2-1-3-5-10/h5-7,9-15,17H,3-4,8,16,18H2,1-2H3,(H,30,31);1-9H,(H,14,15). The molecule has 46 heavy (non-hydrogen) atoms. The van der Waals surface area contributed by atoms with Gasteiger partial charge in [-0.05, 0) is 77.1 Å². The highest BCUT2D eigenvalue weighted by Crippen LogP contribution is 2.31. The maximum absolute atomic E-state index is 15.6. The summed E-state index contributed by atoms with van der Waals surface area (Å²) in [4.78, 5) is 36.0. The summed E-state index contributed by atoms with van der Waals surface area (Å²) in [5, 5.41) is 17.9. The van der Waals surface area contributed by atoms with E-state index in [0.29, 0.717) is 12.0 Å². The van der Waals surface area contributed by atoms with Gasteiger partial charge in [-0.25, -0.2) is 14.0 Å². The topological polar surface area (TPSA) is 94.9 Å². The van der Waals surface area contributed by atoms with Crippen LogP contribution < -0.4 is 0 Å². The monoisotopic (exact) mass is 619 g/mol. The lowest BCUT2D eigenvalue weighted by Crippen LogP contribution is -2.47. The first-order chi connectivity index (χ1) is 22.1. The fourth-order valence-electron chi connectivity index (χ4n) is 5.20. The van der Waals surface area contributed by atoms with Crippen LogP contribution in [0, 0.1) is 6.92 Å². The smallest absolute Gasteiger partial charge is 0.335 e. The summed E-state index contributed by atoms with van der Waals surface area (Å²) in [5.41, 5.74) is 6.28. The van der Waals surface area contributed by atoms with Gasteiger partial charge in [-0.15, -0.1) is 0 Å². The Bertz CT molecular complexity index is 1710. The number of allylic oxidation sites excluding steroid dienone is 2. The van der Waals surface area contributed by atoms with Crippen LogP contribution in [-0.4, -0.2) is 38.8 Å². The largest absolute Gasteiger partial charge is 0.478 e. The van der Waals surface area contributed by atoms with Gasteiger partial charge in [0.2, 0.25) is 11.7 Å². The van der Waals surface area contributed by atoms with Crippen LogP contribution in [0.4, 0.5) is 4.39 Å². The molecule has 1 aliphatic carbocycles. The number of rotatable bonds is 10. The highest BCUT2D eigenvalue weighted by atomic mass is 19.1. The summed E-state index contributed by atoms with van der Waals surface area (Å²) in [6.07, 6.45) is 8.72. The summed E-state index contributed by atoms with van der Waals surface area (Å²) in [6.45, 7) is 4.07. The number of hydrogen-bond donors (Lipinski definition) is 2. The fourth-order valence-corrected chi connectivity index (χ4v) is 5.20. The first-order valence-electron chi connectivity index (χ1n) is 15.3. The number of benzene rings is 4. The van der Waals surface area contributed by atoms with E-state index in [1.165, 1.54) is 11.0 Å². The Morgan fingerprint density at radius 1 is 0.783 bits per heavy atom. The predicted molar refractivity (Wildman–Crippen MR) is 179 cm³/mol. The summed E-state index contributed by atoms with van der Waals surface area (Å²) < 4.78 is 15.6. The van der Waals surface area contributed by atoms with E-state index in [2.05, 4.69) is 0 Å². The number of amides is 1. The quantitative estimate of drug-likeness (QED) is 0.173. The lowest BCUT2D eigenvalue weighted by molar-refractivity contribution is -0.143. The summed E-state index contributed by atoms with van der Waals surface area (Å²) in [7, 11) is 0. The molecule has 0 aromatic heterocycles. The van der Waals surface area contributed by atoms with Gasteiger partial charge in [0, 0.05) is 19.4 Å². The number of hydrogen-bond acceptors (Lipinski definition) is 3. The minimum absolute atomic E-state index is 0.147. The molecule has 1 unspecified atom stereocenters. The minimum atomic E-state index is -1.82. The number of halogens is 1. The molecule has 0 spiro atoms. The molecule has 6 nitrogen and oxygen atoms in total. The van der Waals surface area contributed by atoms with Crippen LogP contribution >= 0.6 is 0 Å². The molecule has 1 atom stereocenters. The van der Waals surface area contributed by atoms with E-state index in [4.69, 9.17) is 10.2 Å². The first-order valence-corrected chi connectivity index (χ1v) is 15.3. The van der Waals surface area contributed by atoms with E-state index >= 15 is 4.39 Å². The van der Waals surface area contributed by atoms with Crippen LogP contribution in [0.2, 0.25) is 0 Å². The second-order valence-electron chi connectivity index (χ2n) is 11.2. The van der Waals surface area contributed by atoms with E-state index in [0.717, 1.165) is 46.2 Å². The zero-order valence-electron chi connectivity index (χ0n) is 26.0. The van der Waals surface area contributed by atoms with Crippen LogP contribution in [0.15, 0.2) is 121 Å². The van der Waals surface area contributed by atoms with Crippen LogP contribution in [-0.2, 0) is 11.3 Å². The SMILES string of the molecule is CCCCC(=O)N(Cc1ccc(-c2ccc(C(=O)O)cc2C)cc1)C1(F)C=CC=CC1.O=C(O)c1ccc(-c2ccccc2)cc1. The third kappa shape index (κ3) is 8.66. The van der Waals surface area contributed by atoms with Crippen molar-refractivity contribution >= 4 is 17.8 Å². The minimum Gasteiger partial charge on any atom is -0.478 e. The Morgan fingerprint density at radius 3 is 1.96 bits per heavy atom. The number of aromatic carboxylic acids is 2. The molecule has 7 heteroatoms. The number of carbonyl (C=O) groups excluding carboxylic acids is 1. The zero-order valence-corrected chi connectivity index (χ0v) is 26.0. The van der Waals surface area contributed by atoms with Crippen molar-refractivity contribution < 1.29 is 29.0 Å². The molecule has 0 radical (unpaired) electrons. The molecule has 1 aliphatic rings.